The van der Waals surface area contributed by atoms with Gasteiger partial charge >= 0.3 is 11.9 Å². The van der Waals surface area contributed by atoms with Gasteiger partial charge in [0.15, 0.2) is 11.6 Å². The second-order valence-corrected chi connectivity index (χ2v) is 16.2. The van der Waals surface area contributed by atoms with Gasteiger partial charge in [-0.05, 0) is 62.5 Å². The Kier molecular flexibility index (Phi) is 13.0. The minimum Gasteiger partial charge on any atom is -0.488 e. The third-order valence-electron chi connectivity index (χ3n) is 9.24. The second kappa shape index (κ2) is 19.2. The Balaban J connectivity index is 1.13. The molecule has 0 unspecified atom stereocenters. The van der Waals surface area contributed by atoms with Crippen molar-refractivity contribution in [3.05, 3.63) is 151 Å². The fourth-order valence-corrected chi connectivity index (χ4v) is 9.35. The van der Waals surface area contributed by atoms with Crippen molar-refractivity contribution >= 4 is 80.9 Å². The Hall–Kier alpha value is -6.86. The SMILES string of the molecule is CCOC(=O)c1sc2sc(C(=O)OCC)c(COc3ccccc3/C=N/n3c(-c4ccccc4)n[nH]c3=S)c2c1COc1ccccc1/C=N/n1c(-c2ccccc2)n[nH]c1=S. The maximum Gasteiger partial charge on any atom is 0.348 e. The summed E-state index contributed by atoms with van der Waals surface area (Å²) in [5.74, 6) is 1.06. The molecule has 0 amide bonds. The van der Waals surface area contributed by atoms with Crippen LogP contribution in [0.4, 0.5) is 0 Å². The fourth-order valence-electron chi connectivity index (χ4n) is 6.41. The normalized spacial score (nSPS) is 11.5. The number of ether oxygens (including phenoxy) is 4. The van der Waals surface area contributed by atoms with Gasteiger partial charge in [0.05, 0.1) is 29.7 Å². The number of aromatic amines is 2. The number of aromatic nitrogens is 6. The largest absolute Gasteiger partial charge is 0.488 e. The van der Waals surface area contributed by atoms with Crippen LogP contribution in [0, 0.1) is 9.54 Å². The molecular weight excluding hydrogens is 865 g/mol. The first-order valence-electron chi connectivity index (χ1n) is 19.2. The molecule has 0 radical (unpaired) electrons. The summed E-state index contributed by atoms with van der Waals surface area (Å²) in [6, 6.07) is 33.9. The Morgan fingerprint density at radius 1 is 0.629 bits per heavy atom. The Bertz CT molecular complexity index is 2850. The molecule has 0 bridgehead atoms. The summed E-state index contributed by atoms with van der Waals surface area (Å²) in [5, 5.41) is 24.3. The van der Waals surface area contributed by atoms with Gasteiger partial charge < -0.3 is 18.9 Å². The molecule has 4 aromatic carbocycles. The van der Waals surface area contributed by atoms with Crippen molar-refractivity contribution in [2.45, 2.75) is 27.1 Å². The van der Waals surface area contributed by atoms with E-state index in [9.17, 15) is 9.59 Å². The van der Waals surface area contributed by atoms with Gasteiger partial charge in [-0.1, -0.05) is 84.9 Å². The maximum absolute atomic E-state index is 13.5. The van der Waals surface area contributed by atoms with E-state index in [1.165, 1.54) is 32.0 Å². The number of thiophene rings is 2. The zero-order chi connectivity index (χ0) is 43.0. The van der Waals surface area contributed by atoms with Crippen molar-refractivity contribution in [3.8, 4) is 34.3 Å². The minimum atomic E-state index is -0.504. The van der Waals surface area contributed by atoms with E-state index < -0.39 is 11.9 Å². The van der Waals surface area contributed by atoms with Crippen LogP contribution in [0.15, 0.2) is 119 Å². The number of carbonyl (C=O) groups is 2. The summed E-state index contributed by atoms with van der Waals surface area (Å²) in [6.07, 6.45) is 3.27. The highest BCUT2D eigenvalue weighted by atomic mass is 32.2. The van der Waals surface area contributed by atoms with Crippen LogP contribution in [0.2, 0.25) is 0 Å². The number of benzene rings is 4. The zero-order valence-corrected chi connectivity index (χ0v) is 36.4. The van der Waals surface area contributed by atoms with E-state index in [2.05, 4.69) is 30.6 Å². The molecule has 4 heterocycles. The number of carbonyl (C=O) groups excluding carboxylic acids is 2. The Morgan fingerprint density at radius 2 is 1.03 bits per heavy atom. The van der Waals surface area contributed by atoms with Crippen molar-refractivity contribution in [3.63, 3.8) is 0 Å². The van der Waals surface area contributed by atoms with Gasteiger partial charge in [0.1, 0.15) is 34.5 Å². The molecule has 8 rings (SSSR count). The van der Waals surface area contributed by atoms with Gasteiger partial charge in [0.25, 0.3) is 0 Å². The molecule has 8 aromatic rings. The first-order chi connectivity index (χ1) is 30.3. The number of esters is 2. The first-order valence-corrected chi connectivity index (χ1v) is 21.7. The third-order valence-corrected chi connectivity index (χ3v) is 12.3. The van der Waals surface area contributed by atoms with Crippen LogP contribution in [-0.2, 0) is 22.7 Å². The molecule has 312 valence electrons. The standard InChI is InChI=1S/C44H36N8O6S4/c1-3-55-40(53)36-31(25-57-33-21-13-11-19-29(33)23-45-51-38(47-49-43(51)59)27-15-7-5-8-16-27)35-32(37(41(54)56-4-2)62-42(35)61-36)26-58-34-22-14-12-20-30(34)24-46-52-39(48-50-44(52)60)28-17-9-6-10-18-28/h5-24H,3-4,25-26H2,1-2H3,(H,49,59)(H,50,60)/b45-23+,46-24+. The number of nitrogens with zero attached hydrogens (tertiary/aromatic N) is 6. The van der Waals surface area contributed by atoms with Crippen molar-refractivity contribution in [1.82, 2.24) is 29.7 Å². The highest BCUT2D eigenvalue weighted by Crippen LogP contribution is 2.43. The molecule has 4 aromatic heterocycles. The molecule has 2 N–H and O–H groups in total. The third kappa shape index (κ3) is 8.94. The molecule has 62 heavy (non-hydrogen) atoms. The van der Waals surface area contributed by atoms with Crippen molar-refractivity contribution in [2.24, 2.45) is 10.2 Å². The predicted molar refractivity (Wildman–Crippen MR) is 245 cm³/mol. The lowest BCUT2D eigenvalue weighted by atomic mass is 10.1. The molecule has 0 spiro atoms. The van der Waals surface area contributed by atoms with Gasteiger partial charge in [-0.25, -0.2) is 19.8 Å². The van der Waals surface area contributed by atoms with Gasteiger partial charge in [0.2, 0.25) is 9.54 Å². The Labute approximate surface area is 372 Å². The van der Waals surface area contributed by atoms with Gasteiger partial charge in [-0.2, -0.15) is 29.8 Å². The number of nitrogens with one attached hydrogen (secondary N) is 2. The summed E-state index contributed by atoms with van der Waals surface area (Å²) in [5.41, 5.74) is 4.04. The molecule has 0 fully saturated rings. The van der Waals surface area contributed by atoms with Crippen LogP contribution < -0.4 is 9.47 Å². The summed E-state index contributed by atoms with van der Waals surface area (Å²) >= 11 is 13.5. The smallest absolute Gasteiger partial charge is 0.348 e. The van der Waals surface area contributed by atoms with E-state index in [-0.39, 0.29) is 26.4 Å². The molecule has 0 aliphatic rings. The summed E-state index contributed by atoms with van der Waals surface area (Å²) in [4.78, 5) is 27.8. The lowest BCUT2D eigenvalue weighted by molar-refractivity contribution is 0.0520. The van der Waals surface area contributed by atoms with E-state index in [1.807, 2.05) is 97.1 Å². The van der Waals surface area contributed by atoms with Crippen molar-refractivity contribution < 1.29 is 28.5 Å². The summed E-state index contributed by atoms with van der Waals surface area (Å²) in [7, 11) is 0. The van der Waals surface area contributed by atoms with E-state index in [0.717, 1.165) is 11.1 Å². The van der Waals surface area contributed by atoms with Gasteiger partial charge in [-0.15, -0.1) is 22.7 Å². The topological polar surface area (TPSA) is 163 Å². The zero-order valence-electron chi connectivity index (χ0n) is 33.1. The molecule has 0 aliphatic carbocycles. The van der Waals surface area contributed by atoms with Crippen LogP contribution in [0.3, 0.4) is 0 Å². The van der Waals surface area contributed by atoms with Gasteiger partial charge in [-0.3, -0.25) is 0 Å². The number of H-pyrrole nitrogens is 2. The molecule has 18 heteroatoms. The quantitative estimate of drug-likeness (QED) is 0.0542. The monoisotopic (exact) mass is 900 g/mol. The average molecular weight is 901 g/mol. The molecule has 0 saturated heterocycles. The maximum atomic E-state index is 13.5. The Morgan fingerprint density at radius 3 is 1.45 bits per heavy atom. The summed E-state index contributed by atoms with van der Waals surface area (Å²) < 4.78 is 28.5. The molecule has 0 aliphatic heterocycles. The lowest BCUT2D eigenvalue weighted by Gasteiger charge is -2.13. The number of hydrogen-bond donors (Lipinski definition) is 2. The van der Waals surface area contributed by atoms with Crippen LogP contribution in [0.25, 0.3) is 32.2 Å². The number of para-hydroxylation sites is 2. The highest BCUT2D eigenvalue weighted by Gasteiger charge is 2.29. The van der Waals surface area contributed by atoms with E-state index in [4.69, 9.17) is 43.4 Å². The highest BCUT2D eigenvalue weighted by molar-refractivity contribution is 7.71. The van der Waals surface area contributed by atoms with Crippen molar-refractivity contribution in [2.75, 3.05) is 13.2 Å². The lowest BCUT2D eigenvalue weighted by Crippen LogP contribution is -2.10. The van der Waals surface area contributed by atoms with Crippen LogP contribution in [-0.4, -0.2) is 67.3 Å². The number of fused-ring (bicyclic) bond motifs is 1. The van der Waals surface area contributed by atoms with E-state index in [1.54, 1.807) is 38.4 Å². The van der Waals surface area contributed by atoms with E-state index >= 15 is 0 Å². The molecule has 0 atom stereocenters. The predicted octanol–water partition coefficient (Wildman–Crippen LogP) is 10.1. The van der Waals surface area contributed by atoms with E-state index in [0.29, 0.717) is 74.1 Å². The minimum absolute atomic E-state index is 0.0519. The number of hydrogen-bond acceptors (Lipinski definition) is 14. The average Bonchev–Trinajstić information content (AvgIpc) is 4.06. The first kappa shape index (κ1) is 41.9. The summed E-state index contributed by atoms with van der Waals surface area (Å²) in [6.45, 7) is 3.73. The number of rotatable bonds is 16. The fraction of sp³-hybridized carbons (Fsp3) is 0.136. The molecule has 0 saturated carbocycles. The second-order valence-electron chi connectivity index (χ2n) is 13.1. The molecular formula is C44H36N8O6S4. The molecule has 14 nitrogen and oxygen atoms in total. The van der Waals surface area contributed by atoms with Gasteiger partial charge in [0, 0.05) is 38.8 Å². The van der Waals surface area contributed by atoms with Crippen molar-refractivity contribution in [1.29, 1.82) is 0 Å². The van der Waals surface area contributed by atoms with Crippen LogP contribution in [0.5, 0.6) is 11.5 Å². The van der Waals surface area contributed by atoms with Crippen LogP contribution in [0.1, 0.15) is 55.4 Å². The van der Waals surface area contributed by atoms with Crippen LogP contribution >= 0.6 is 47.1 Å².